The number of carbonyl (C=O) groups excluding carboxylic acids is 1. The molecular formula is C24H26F3N5O2S. The Balaban J connectivity index is 1.76. The highest BCUT2D eigenvalue weighted by Gasteiger charge is 2.35. The van der Waals surface area contributed by atoms with Crippen LogP contribution in [-0.2, 0) is 7.05 Å². The van der Waals surface area contributed by atoms with Gasteiger partial charge in [0.15, 0.2) is 0 Å². The molecule has 0 spiro atoms. The van der Waals surface area contributed by atoms with Gasteiger partial charge in [-0.2, -0.15) is 0 Å². The Morgan fingerprint density at radius 2 is 1.89 bits per heavy atom. The smallest absolute Gasteiger partial charge is 0.263 e. The lowest BCUT2D eigenvalue weighted by Crippen LogP contribution is -2.42. The second-order valence-corrected chi connectivity index (χ2v) is 9.17. The highest BCUT2D eigenvalue weighted by atomic mass is 32.2. The molecule has 7 nitrogen and oxygen atoms in total. The predicted octanol–water partition coefficient (Wildman–Crippen LogP) is 4.49. The summed E-state index contributed by atoms with van der Waals surface area (Å²) >= 11 is 1.17. The predicted molar refractivity (Wildman–Crippen MR) is 133 cm³/mol. The average Bonchev–Trinajstić information content (AvgIpc) is 2.82. The summed E-state index contributed by atoms with van der Waals surface area (Å²) in [5.41, 5.74) is 1.18. The van der Waals surface area contributed by atoms with E-state index >= 15 is 0 Å². The van der Waals surface area contributed by atoms with Gasteiger partial charge in [0.1, 0.15) is 5.82 Å². The van der Waals surface area contributed by atoms with Crippen LogP contribution >= 0.6 is 11.9 Å². The van der Waals surface area contributed by atoms with E-state index in [0.717, 1.165) is 6.07 Å². The van der Waals surface area contributed by atoms with Crippen LogP contribution in [0.4, 0.5) is 24.8 Å². The molecule has 0 aliphatic carbocycles. The Hall–Kier alpha value is -3.21. The van der Waals surface area contributed by atoms with E-state index in [4.69, 9.17) is 0 Å². The first-order valence-corrected chi connectivity index (χ1v) is 12.4. The number of alkyl halides is 2. The lowest BCUT2D eigenvalue weighted by Gasteiger charge is -2.33. The molecule has 11 heteroatoms. The SMILES string of the molecule is CSNC(=O)c1ccccc1NC(C)c1cc(F)cc2c(=O)n(C)c(N3CCC(F)(F)CC3)nc12. The van der Waals surface area contributed by atoms with Crippen molar-refractivity contribution >= 4 is 40.4 Å². The summed E-state index contributed by atoms with van der Waals surface area (Å²) in [7, 11) is 1.50. The first-order chi connectivity index (χ1) is 16.6. The number of aromatic nitrogens is 2. The Morgan fingerprint density at radius 3 is 2.57 bits per heavy atom. The molecule has 3 aromatic rings. The summed E-state index contributed by atoms with van der Waals surface area (Å²) in [5, 5.41) is 3.32. The van der Waals surface area contributed by atoms with Crippen molar-refractivity contribution in [1.82, 2.24) is 14.3 Å². The van der Waals surface area contributed by atoms with Gasteiger partial charge in [0.25, 0.3) is 17.4 Å². The second-order valence-electron chi connectivity index (χ2n) is 8.56. The Labute approximate surface area is 204 Å². The Morgan fingerprint density at radius 1 is 1.20 bits per heavy atom. The molecule has 1 aromatic heterocycles. The van der Waals surface area contributed by atoms with E-state index in [1.165, 1.54) is 29.6 Å². The van der Waals surface area contributed by atoms with Crippen LogP contribution in [0, 0.1) is 5.82 Å². The summed E-state index contributed by atoms with van der Waals surface area (Å²) in [6.07, 6.45) is 1.08. The van der Waals surface area contributed by atoms with Crippen molar-refractivity contribution in [3.63, 3.8) is 0 Å². The first-order valence-electron chi connectivity index (χ1n) is 11.1. The molecule has 0 saturated carbocycles. The molecule has 1 aliphatic heterocycles. The maximum Gasteiger partial charge on any atom is 0.263 e. The van der Waals surface area contributed by atoms with Crippen LogP contribution in [-0.4, -0.2) is 40.7 Å². The van der Waals surface area contributed by atoms with Crippen LogP contribution < -0.4 is 20.5 Å². The maximum absolute atomic E-state index is 14.6. The lowest BCUT2D eigenvalue weighted by atomic mass is 10.0. The van der Waals surface area contributed by atoms with Crippen molar-refractivity contribution in [2.24, 2.45) is 7.05 Å². The highest BCUT2D eigenvalue weighted by Crippen LogP contribution is 2.32. The molecule has 1 unspecified atom stereocenters. The number of hydrogen-bond donors (Lipinski definition) is 2. The van der Waals surface area contributed by atoms with Gasteiger partial charge in [-0.25, -0.2) is 18.2 Å². The normalized spacial score (nSPS) is 16.2. The number of para-hydroxylation sites is 1. The summed E-state index contributed by atoms with van der Waals surface area (Å²) in [6.45, 7) is 1.89. The average molecular weight is 506 g/mol. The minimum Gasteiger partial charge on any atom is -0.378 e. The fraction of sp³-hybridized carbons (Fsp3) is 0.375. The molecule has 1 atom stereocenters. The molecule has 2 heterocycles. The molecule has 2 N–H and O–H groups in total. The molecular weight excluding hydrogens is 479 g/mol. The zero-order valence-electron chi connectivity index (χ0n) is 19.6. The molecule has 186 valence electrons. The second kappa shape index (κ2) is 9.80. The number of anilines is 2. The minimum atomic E-state index is -2.74. The van der Waals surface area contributed by atoms with Crippen molar-refractivity contribution < 1.29 is 18.0 Å². The third kappa shape index (κ3) is 5.09. The zero-order valence-corrected chi connectivity index (χ0v) is 20.4. The summed E-state index contributed by atoms with van der Waals surface area (Å²) in [5.74, 6) is -3.36. The number of nitrogens with one attached hydrogen (secondary N) is 2. The van der Waals surface area contributed by atoms with Crippen LogP contribution in [0.25, 0.3) is 10.9 Å². The molecule has 1 aliphatic rings. The number of halogens is 3. The number of benzene rings is 2. The van der Waals surface area contributed by atoms with Gasteiger partial charge in [-0.15, -0.1) is 0 Å². The van der Waals surface area contributed by atoms with Gasteiger partial charge in [-0.3, -0.25) is 18.9 Å². The van der Waals surface area contributed by atoms with E-state index in [0.29, 0.717) is 16.8 Å². The van der Waals surface area contributed by atoms with Crippen LogP contribution in [0.3, 0.4) is 0 Å². The standard InChI is InChI=1S/C24H26F3N5O2S/c1-14(28-19-7-5-4-6-16(19)21(33)30-35-3)17-12-15(25)13-18-20(17)29-23(31(2)22(18)34)32-10-8-24(26,27)9-11-32/h4-7,12-14,28H,8-11H2,1-3H3,(H,30,33). The zero-order chi connectivity index (χ0) is 25.3. The topological polar surface area (TPSA) is 79.3 Å². The number of rotatable bonds is 6. The van der Waals surface area contributed by atoms with Crippen molar-refractivity contribution in [3.8, 4) is 0 Å². The fourth-order valence-corrected chi connectivity index (χ4v) is 4.56. The number of carbonyl (C=O) groups is 1. The van der Waals surface area contributed by atoms with E-state index < -0.39 is 23.3 Å². The van der Waals surface area contributed by atoms with E-state index in [2.05, 4.69) is 15.0 Å². The maximum atomic E-state index is 14.6. The molecule has 1 fully saturated rings. The largest absolute Gasteiger partial charge is 0.378 e. The molecule has 0 bridgehead atoms. The number of amides is 1. The van der Waals surface area contributed by atoms with Gasteiger partial charge in [0, 0.05) is 50.5 Å². The fourth-order valence-electron chi connectivity index (χ4n) is 4.27. The van der Waals surface area contributed by atoms with Gasteiger partial charge >= 0.3 is 0 Å². The van der Waals surface area contributed by atoms with Crippen molar-refractivity contribution in [2.45, 2.75) is 31.7 Å². The van der Waals surface area contributed by atoms with E-state index in [-0.39, 0.29) is 48.7 Å². The van der Waals surface area contributed by atoms with Crippen molar-refractivity contribution in [3.05, 3.63) is 63.7 Å². The molecule has 4 rings (SSSR count). The van der Waals surface area contributed by atoms with Gasteiger partial charge in [-0.1, -0.05) is 24.1 Å². The van der Waals surface area contributed by atoms with Gasteiger partial charge < -0.3 is 10.2 Å². The van der Waals surface area contributed by atoms with E-state index in [9.17, 15) is 22.8 Å². The minimum absolute atomic E-state index is 0.0566. The Bertz CT molecular complexity index is 1320. The molecule has 2 aromatic carbocycles. The lowest BCUT2D eigenvalue weighted by molar-refractivity contribution is -0.0223. The van der Waals surface area contributed by atoms with Gasteiger partial charge in [0.05, 0.1) is 22.5 Å². The Kier molecular flexibility index (Phi) is 6.98. The summed E-state index contributed by atoms with van der Waals surface area (Å²) in [4.78, 5) is 31.9. The number of hydrogen-bond acceptors (Lipinski definition) is 6. The summed E-state index contributed by atoms with van der Waals surface area (Å²) in [6, 6.07) is 8.81. The molecule has 1 saturated heterocycles. The summed E-state index contributed by atoms with van der Waals surface area (Å²) < 4.78 is 45.9. The van der Waals surface area contributed by atoms with Crippen LogP contribution in [0.2, 0.25) is 0 Å². The first kappa shape index (κ1) is 24.9. The van der Waals surface area contributed by atoms with Crippen LogP contribution in [0.1, 0.15) is 41.7 Å². The van der Waals surface area contributed by atoms with E-state index in [1.54, 1.807) is 42.3 Å². The van der Waals surface area contributed by atoms with Gasteiger partial charge in [0.2, 0.25) is 5.95 Å². The van der Waals surface area contributed by atoms with Crippen molar-refractivity contribution in [1.29, 1.82) is 0 Å². The van der Waals surface area contributed by atoms with E-state index in [1.807, 2.05) is 0 Å². The quantitative estimate of drug-likeness (QED) is 0.481. The number of nitrogens with zero attached hydrogens (tertiary/aromatic N) is 3. The highest BCUT2D eigenvalue weighted by molar-refractivity contribution is 7.97. The number of piperidine rings is 1. The number of fused-ring (bicyclic) bond motifs is 1. The third-order valence-corrected chi connectivity index (χ3v) is 6.52. The van der Waals surface area contributed by atoms with Crippen LogP contribution in [0.5, 0.6) is 0 Å². The van der Waals surface area contributed by atoms with Crippen molar-refractivity contribution in [2.75, 3.05) is 29.6 Å². The molecule has 35 heavy (non-hydrogen) atoms. The van der Waals surface area contributed by atoms with Crippen LogP contribution in [0.15, 0.2) is 41.2 Å². The third-order valence-electron chi connectivity index (χ3n) is 6.13. The van der Waals surface area contributed by atoms with Gasteiger partial charge in [-0.05, 0) is 31.2 Å². The monoisotopic (exact) mass is 505 g/mol. The molecule has 0 radical (unpaired) electrons. The molecule has 1 amide bonds.